The van der Waals surface area contributed by atoms with Gasteiger partial charge in [0.05, 0.1) is 0 Å². The Labute approximate surface area is 125 Å². The molecule has 0 aliphatic carbocycles. The standard InChI is InChI=1S/C21H18/c1-14(2)21-18-10-6-4-8-16(18)13-20-17-9-5-3-7-15(17)11-12-19(20)21/h3-14H,1-2H3. The third-order valence-electron chi connectivity index (χ3n) is 4.39. The summed E-state index contributed by atoms with van der Waals surface area (Å²) >= 11 is 0. The maximum atomic E-state index is 2.35. The zero-order chi connectivity index (χ0) is 14.4. The van der Waals surface area contributed by atoms with Crippen LogP contribution in [0, 0.1) is 0 Å². The number of rotatable bonds is 1. The van der Waals surface area contributed by atoms with E-state index in [1.165, 1.54) is 37.9 Å². The largest absolute Gasteiger partial charge is 0.0616 e. The summed E-state index contributed by atoms with van der Waals surface area (Å²) in [5.74, 6) is 0.514. The van der Waals surface area contributed by atoms with Crippen molar-refractivity contribution < 1.29 is 0 Å². The molecule has 0 fully saturated rings. The zero-order valence-electron chi connectivity index (χ0n) is 12.4. The van der Waals surface area contributed by atoms with Crippen LogP contribution >= 0.6 is 0 Å². The van der Waals surface area contributed by atoms with Crippen LogP contribution in [0.25, 0.3) is 32.3 Å². The zero-order valence-corrected chi connectivity index (χ0v) is 12.4. The van der Waals surface area contributed by atoms with Gasteiger partial charge in [-0.05, 0) is 49.9 Å². The topological polar surface area (TPSA) is 0 Å². The molecule has 0 unspecified atom stereocenters. The van der Waals surface area contributed by atoms with Gasteiger partial charge in [-0.25, -0.2) is 0 Å². The van der Waals surface area contributed by atoms with Crippen LogP contribution < -0.4 is 0 Å². The maximum absolute atomic E-state index is 2.35. The summed E-state index contributed by atoms with van der Waals surface area (Å²) < 4.78 is 0. The molecule has 0 heteroatoms. The first-order valence-electron chi connectivity index (χ1n) is 7.59. The third kappa shape index (κ3) is 1.83. The molecule has 4 rings (SSSR count). The van der Waals surface area contributed by atoms with Crippen molar-refractivity contribution in [1.29, 1.82) is 0 Å². The minimum atomic E-state index is 0.514. The highest BCUT2D eigenvalue weighted by Gasteiger charge is 2.12. The predicted molar refractivity (Wildman–Crippen MR) is 93.0 cm³/mol. The van der Waals surface area contributed by atoms with Crippen LogP contribution in [0.1, 0.15) is 25.3 Å². The molecule has 0 amide bonds. The Morgan fingerprint density at radius 3 is 2.00 bits per heavy atom. The van der Waals surface area contributed by atoms with Crippen molar-refractivity contribution in [2.75, 3.05) is 0 Å². The van der Waals surface area contributed by atoms with Gasteiger partial charge in [0.25, 0.3) is 0 Å². The Balaban J connectivity index is 2.30. The van der Waals surface area contributed by atoms with Crippen molar-refractivity contribution in [2.24, 2.45) is 0 Å². The quantitative estimate of drug-likeness (QED) is 0.282. The second-order valence-corrected chi connectivity index (χ2v) is 6.05. The summed E-state index contributed by atoms with van der Waals surface area (Å²) in [6.07, 6.45) is 0. The Hall–Kier alpha value is -2.34. The van der Waals surface area contributed by atoms with Crippen molar-refractivity contribution in [1.82, 2.24) is 0 Å². The van der Waals surface area contributed by atoms with Gasteiger partial charge in [-0.15, -0.1) is 0 Å². The average molecular weight is 270 g/mol. The second-order valence-electron chi connectivity index (χ2n) is 6.05. The highest BCUT2D eigenvalue weighted by Crippen LogP contribution is 2.36. The molecule has 0 aliphatic heterocycles. The molecule has 4 aromatic carbocycles. The number of hydrogen-bond acceptors (Lipinski definition) is 0. The summed E-state index contributed by atoms with van der Waals surface area (Å²) in [4.78, 5) is 0. The highest BCUT2D eigenvalue weighted by atomic mass is 14.2. The van der Waals surface area contributed by atoms with Crippen molar-refractivity contribution in [3.8, 4) is 0 Å². The van der Waals surface area contributed by atoms with E-state index in [1.807, 2.05) is 0 Å². The monoisotopic (exact) mass is 270 g/mol. The first-order valence-corrected chi connectivity index (χ1v) is 7.59. The van der Waals surface area contributed by atoms with Gasteiger partial charge < -0.3 is 0 Å². The highest BCUT2D eigenvalue weighted by molar-refractivity contribution is 6.14. The molecule has 0 saturated carbocycles. The van der Waals surface area contributed by atoms with E-state index < -0.39 is 0 Å². The van der Waals surface area contributed by atoms with Crippen LogP contribution in [0.15, 0.2) is 66.7 Å². The molecular weight excluding hydrogens is 252 g/mol. The smallest absolute Gasteiger partial charge is 0.00961 e. The fourth-order valence-corrected chi connectivity index (χ4v) is 3.48. The van der Waals surface area contributed by atoms with E-state index in [1.54, 1.807) is 0 Å². The summed E-state index contributed by atoms with van der Waals surface area (Å²) in [6, 6.07) is 24.3. The first kappa shape index (κ1) is 12.4. The van der Waals surface area contributed by atoms with E-state index in [9.17, 15) is 0 Å². The van der Waals surface area contributed by atoms with Crippen molar-refractivity contribution in [3.05, 3.63) is 72.3 Å². The van der Waals surface area contributed by atoms with Crippen molar-refractivity contribution >= 4 is 32.3 Å². The Morgan fingerprint density at radius 2 is 1.24 bits per heavy atom. The van der Waals surface area contributed by atoms with Crippen molar-refractivity contribution in [2.45, 2.75) is 19.8 Å². The molecule has 0 bridgehead atoms. The van der Waals surface area contributed by atoms with Crippen LogP contribution in [-0.2, 0) is 0 Å². The van der Waals surface area contributed by atoms with E-state index in [0.717, 1.165) is 0 Å². The van der Waals surface area contributed by atoms with Gasteiger partial charge in [0, 0.05) is 0 Å². The molecule has 21 heavy (non-hydrogen) atoms. The maximum Gasteiger partial charge on any atom is -0.00961 e. The Bertz CT molecular complexity index is 961. The minimum absolute atomic E-state index is 0.514. The molecular formula is C21H18. The number of fused-ring (bicyclic) bond motifs is 4. The van der Waals surface area contributed by atoms with Gasteiger partial charge in [-0.2, -0.15) is 0 Å². The van der Waals surface area contributed by atoms with E-state index in [0.29, 0.717) is 5.92 Å². The third-order valence-corrected chi connectivity index (χ3v) is 4.39. The molecule has 0 spiro atoms. The van der Waals surface area contributed by atoms with Gasteiger partial charge in [-0.3, -0.25) is 0 Å². The number of benzene rings is 4. The van der Waals surface area contributed by atoms with E-state index in [2.05, 4.69) is 80.6 Å². The van der Waals surface area contributed by atoms with Crippen LogP contribution in [0.5, 0.6) is 0 Å². The van der Waals surface area contributed by atoms with Gasteiger partial charge in [0.15, 0.2) is 0 Å². The molecule has 0 nitrogen and oxygen atoms in total. The summed E-state index contributed by atoms with van der Waals surface area (Å²) in [7, 11) is 0. The molecule has 0 aromatic heterocycles. The molecule has 0 saturated heterocycles. The molecule has 102 valence electrons. The SMILES string of the molecule is CC(C)c1c2ccccc2cc2c1ccc1ccccc12. The van der Waals surface area contributed by atoms with Crippen LogP contribution in [0.3, 0.4) is 0 Å². The predicted octanol–water partition coefficient (Wildman–Crippen LogP) is 6.27. The fourth-order valence-electron chi connectivity index (χ4n) is 3.48. The normalized spacial score (nSPS) is 11.8. The molecule has 0 radical (unpaired) electrons. The van der Waals surface area contributed by atoms with Crippen LogP contribution in [0.2, 0.25) is 0 Å². The first-order chi connectivity index (χ1) is 10.3. The van der Waals surface area contributed by atoms with Crippen LogP contribution in [0.4, 0.5) is 0 Å². The number of hydrogen-bond donors (Lipinski definition) is 0. The molecule has 0 aliphatic rings. The molecule has 0 heterocycles. The Morgan fingerprint density at radius 1 is 0.571 bits per heavy atom. The summed E-state index contributed by atoms with van der Waals surface area (Å²) in [5, 5.41) is 8.15. The molecule has 0 atom stereocenters. The summed E-state index contributed by atoms with van der Waals surface area (Å²) in [5.41, 5.74) is 1.47. The van der Waals surface area contributed by atoms with Gasteiger partial charge >= 0.3 is 0 Å². The van der Waals surface area contributed by atoms with E-state index >= 15 is 0 Å². The fraction of sp³-hybridized carbons (Fsp3) is 0.143. The van der Waals surface area contributed by atoms with Crippen molar-refractivity contribution in [3.63, 3.8) is 0 Å². The lowest BCUT2D eigenvalue weighted by Crippen LogP contribution is -1.93. The van der Waals surface area contributed by atoms with Gasteiger partial charge in [0.2, 0.25) is 0 Å². The lowest BCUT2D eigenvalue weighted by atomic mass is 9.88. The second kappa shape index (κ2) is 4.60. The minimum Gasteiger partial charge on any atom is -0.0616 e. The van der Waals surface area contributed by atoms with Crippen LogP contribution in [-0.4, -0.2) is 0 Å². The lowest BCUT2D eigenvalue weighted by Gasteiger charge is -2.16. The molecule has 0 N–H and O–H groups in total. The van der Waals surface area contributed by atoms with Gasteiger partial charge in [0.1, 0.15) is 0 Å². The molecule has 4 aromatic rings. The van der Waals surface area contributed by atoms with E-state index in [4.69, 9.17) is 0 Å². The Kier molecular flexibility index (Phi) is 2.71. The van der Waals surface area contributed by atoms with E-state index in [-0.39, 0.29) is 0 Å². The average Bonchev–Trinajstić information content (AvgIpc) is 2.52. The van der Waals surface area contributed by atoms with Gasteiger partial charge in [-0.1, -0.05) is 74.5 Å². The lowest BCUT2D eigenvalue weighted by molar-refractivity contribution is 0.885. The summed E-state index contributed by atoms with van der Waals surface area (Å²) in [6.45, 7) is 4.58.